The fourth-order valence-corrected chi connectivity index (χ4v) is 4.12. The molecule has 0 aliphatic rings. The highest BCUT2D eigenvalue weighted by molar-refractivity contribution is 6.99. The van der Waals surface area contributed by atoms with Crippen molar-refractivity contribution in [1.82, 2.24) is 17.5 Å². The van der Waals surface area contributed by atoms with Gasteiger partial charge in [-0.05, 0) is 31.4 Å². The third kappa shape index (κ3) is 7.75. The first kappa shape index (κ1) is 27.7. The van der Waals surface area contributed by atoms with E-state index in [1.54, 1.807) is 0 Å². The summed E-state index contributed by atoms with van der Waals surface area (Å²) in [6.45, 7) is 1.20. The Morgan fingerprint density at radius 3 is 1.58 bits per heavy atom. The van der Waals surface area contributed by atoms with E-state index >= 15 is 0 Å². The molecule has 4 heterocycles. The van der Waals surface area contributed by atoms with Crippen molar-refractivity contribution in [1.29, 1.82) is 0 Å². The van der Waals surface area contributed by atoms with E-state index in [0.717, 1.165) is 41.8 Å². The van der Waals surface area contributed by atoms with Gasteiger partial charge in [0.15, 0.2) is 36.2 Å². The van der Waals surface area contributed by atoms with Crippen molar-refractivity contribution in [2.45, 2.75) is 19.3 Å². The molecule has 0 fully saturated rings. The first-order chi connectivity index (χ1) is 15.2. The third-order valence-electron chi connectivity index (χ3n) is 4.61. The minimum atomic E-state index is 0. The first-order valence-corrected chi connectivity index (χ1v) is 11.5. The number of hydrogen-bond donors (Lipinski definition) is 0. The maximum absolute atomic E-state index is 5.88. The van der Waals surface area contributed by atoms with E-state index in [2.05, 4.69) is 17.5 Å². The van der Waals surface area contributed by atoms with Crippen LogP contribution in [-0.4, -0.2) is 30.7 Å². The molecule has 0 bridgehead atoms. The van der Waals surface area contributed by atoms with E-state index in [-0.39, 0.29) is 48.0 Å². The zero-order valence-electron chi connectivity index (χ0n) is 18.2. The summed E-state index contributed by atoms with van der Waals surface area (Å²) in [5.41, 5.74) is 3.59. The van der Waals surface area contributed by atoms with Crippen LogP contribution in [0.5, 0.6) is 11.8 Å². The van der Waals surface area contributed by atoms with Crippen molar-refractivity contribution in [3.63, 3.8) is 0 Å². The van der Waals surface area contributed by atoms with E-state index in [0.29, 0.717) is 25.0 Å². The summed E-state index contributed by atoms with van der Waals surface area (Å²) in [7, 11) is 3.97. The van der Waals surface area contributed by atoms with Crippen molar-refractivity contribution < 1.29 is 66.6 Å². The average molecular weight is 710 g/mol. The molecule has 0 unspecified atom stereocenters. The van der Waals surface area contributed by atoms with Crippen LogP contribution in [0.3, 0.4) is 0 Å². The molecule has 0 aromatic carbocycles. The Hall–Kier alpha value is -1.52. The lowest BCUT2D eigenvalue weighted by molar-refractivity contribution is -0.671. The number of hydrogen-bond acceptors (Lipinski definition) is 8. The van der Waals surface area contributed by atoms with Crippen molar-refractivity contribution in [2.75, 3.05) is 13.2 Å². The molecule has 33 heavy (non-hydrogen) atoms. The van der Waals surface area contributed by atoms with Crippen LogP contribution >= 0.6 is 23.5 Å². The Labute approximate surface area is 235 Å². The number of halogens is 2. The summed E-state index contributed by atoms with van der Waals surface area (Å²) in [6.07, 6.45) is 10.8. The molecule has 0 saturated heterocycles. The molecule has 176 valence electrons. The molecule has 8 nitrogen and oxygen atoms in total. The van der Waals surface area contributed by atoms with E-state index in [9.17, 15) is 0 Å². The third-order valence-corrected chi connectivity index (χ3v) is 5.63. The molecule has 0 aliphatic heterocycles. The van der Waals surface area contributed by atoms with Crippen molar-refractivity contribution in [3.05, 3.63) is 49.1 Å². The second-order valence-electron chi connectivity index (χ2n) is 7.11. The number of nitrogens with zero attached hydrogens (tertiary/aromatic N) is 6. The van der Waals surface area contributed by atoms with Gasteiger partial charge in [-0.15, -0.1) is 8.75 Å². The maximum atomic E-state index is 5.88. The van der Waals surface area contributed by atoms with Crippen molar-refractivity contribution in [3.8, 4) is 34.3 Å². The molecule has 0 aliphatic carbocycles. The lowest BCUT2D eigenvalue weighted by Gasteiger charge is -2.06. The minimum absolute atomic E-state index is 0. The molecule has 0 saturated carbocycles. The molecular weight excluding hydrogens is 686 g/mol. The fraction of sp³-hybridized carbons (Fsp3) is 0.333. The van der Waals surface area contributed by atoms with Crippen LogP contribution in [-0.2, 0) is 14.1 Å². The molecule has 0 atom stereocenters. The van der Waals surface area contributed by atoms with Gasteiger partial charge in [-0.2, -0.15) is 8.75 Å². The van der Waals surface area contributed by atoms with Gasteiger partial charge in [0.2, 0.25) is 0 Å². The quantitative estimate of drug-likeness (QED) is 0.0995. The lowest BCUT2D eigenvalue weighted by atomic mass is 10.2. The van der Waals surface area contributed by atoms with Crippen molar-refractivity contribution in [2.24, 2.45) is 14.1 Å². The van der Waals surface area contributed by atoms with Crippen molar-refractivity contribution >= 4 is 23.5 Å². The molecule has 4 rings (SSSR count). The van der Waals surface area contributed by atoms with Gasteiger partial charge in [0.1, 0.15) is 14.1 Å². The summed E-state index contributed by atoms with van der Waals surface area (Å²) < 4.78 is 33.1. The van der Waals surface area contributed by atoms with Gasteiger partial charge in [-0.1, -0.05) is 0 Å². The van der Waals surface area contributed by atoms with Gasteiger partial charge in [-0.25, -0.2) is 9.13 Å². The highest BCUT2D eigenvalue weighted by Crippen LogP contribution is 2.28. The average Bonchev–Trinajstić information content (AvgIpc) is 3.42. The molecule has 12 heteroatoms. The molecule has 4 aromatic heterocycles. The Kier molecular flexibility index (Phi) is 11.8. The second kappa shape index (κ2) is 14.0. The predicted molar refractivity (Wildman–Crippen MR) is 118 cm³/mol. The van der Waals surface area contributed by atoms with E-state index in [1.807, 2.05) is 72.3 Å². The lowest BCUT2D eigenvalue weighted by Crippen LogP contribution is -3.00. The topological polar surface area (TPSA) is 77.8 Å². The van der Waals surface area contributed by atoms with Crippen LogP contribution in [0.25, 0.3) is 22.5 Å². The highest BCUT2D eigenvalue weighted by Gasteiger charge is 2.15. The number of unbranched alkanes of at least 4 members (excludes halogenated alkanes) is 2. The number of ether oxygens (including phenoxy) is 2. The van der Waals surface area contributed by atoms with E-state index in [1.165, 1.54) is 23.5 Å². The van der Waals surface area contributed by atoms with Gasteiger partial charge >= 0.3 is 0 Å². The van der Waals surface area contributed by atoms with E-state index in [4.69, 9.17) is 9.47 Å². The summed E-state index contributed by atoms with van der Waals surface area (Å²) in [6, 6.07) is 8.00. The monoisotopic (exact) mass is 710 g/mol. The Bertz CT molecular complexity index is 1050. The molecule has 4 aromatic rings. The molecular formula is C21H24I2N6O2S2. The van der Waals surface area contributed by atoms with Crippen LogP contribution in [0.2, 0.25) is 0 Å². The van der Waals surface area contributed by atoms with E-state index < -0.39 is 0 Å². The number of pyridine rings is 2. The zero-order chi connectivity index (χ0) is 21.5. The van der Waals surface area contributed by atoms with Crippen LogP contribution in [0, 0.1) is 0 Å². The SMILES string of the molecule is C[n+]1cccc(-c2nsnc2OCCCCCOc2nsnc2-c2ccc[n+](C)c2)c1.[I-].[I-]. The summed E-state index contributed by atoms with van der Waals surface area (Å²) in [5, 5.41) is 0. The Morgan fingerprint density at radius 1 is 0.697 bits per heavy atom. The van der Waals surface area contributed by atoms with Crippen LogP contribution in [0.1, 0.15) is 19.3 Å². The maximum Gasteiger partial charge on any atom is 0.254 e. The van der Waals surface area contributed by atoms with Gasteiger partial charge in [-0.3, -0.25) is 0 Å². The first-order valence-electron chi connectivity index (χ1n) is 10.0. The summed E-state index contributed by atoms with van der Waals surface area (Å²) in [5.74, 6) is 1.20. The molecule has 0 spiro atoms. The number of aryl methyl sites for hydroxylation is 2. The number of rotatable bonds is 10. The predicted octanol–water partition coefficient (Wildman–Crippen LogP) is -2.99. The Morgan fingerprint density at radius 2 is 1.15 bits per heavy atom. The van der Waals surface area contributed by atoms with Crippen LogP contribution < -0.4 is 66.6 Å². The Balaban J connectivity index is 0.00000193. The molecule has 0 radical (unpaired) electrons. The van der Waals surface area contributed by atoms with Gasteiger partial charge in [0.25, 0.3) is 11.8 Å². The summed E-state index contributed by atoms with van der Waals surface area (Å²) in [4.78, 5) is 0. The molecule has 0 N–H and O–H groups in total. The fourth-order valence-electron chi connectivity index (χ4n) is 3.08. The van der Waals surface area contributed by atoms with Gasteiger partial charge in [0, 0.05) is 12.1 Å². The summed E-state index contributed by atoms with van der Waals surface area (Å²) >= 11 is 2.34. The zero-order valence-corrected chi connectivity index (χ0v) is 24.2. The van der Waals surface area contributed by atoms with Gasteiger partial charge < -0.3 is 57.4 Å². The minimum Gasteiger partial charge on any atom is -1.00 e. The normalized spacial score (nSPS) is 10.2. The van der Waals surface area contributed by atoms with Crippen LogP contribution in [0.15, 0.2) is 49.1 Å². The largest absolute Gasteiger partial charge is 1.00 e. The smallest absolute Gasteiger partial charge is 0.254 e. The standard InChI is InChI=1S/C21H24N6O2S2.2HI/c1-26-10-6-8-16(14-26)18-20(24-30-22-18)28-12-4-3-5-13-29-21-19(23-31-25-21)17-9-7-11-27(2)15-17;;/h6-11,14-15H,3-5,12-13H2,1-2H3;2*1H/q+2;;/p-2. The van der Waals surface area contributed by atoms with Gasteiger partial charge in [0.05, 0.1) is 47.8 Å². The van der Waals surface area contributed by atoms with Crippen LogP contribution in [0.4, 0.5) is 0 Å². The highest BCUT2D eigenvalue weighted by atomic mass is 127. The second-order valence-corrected chi connectivity index (χ2v) is 8.17. The molecule has 0 amide bonds. The number of aromatic nitrogens is 6.